The summed E-state index contributed by atoms with van der Waals surface area (Å²) >= 11 is 5.80. The van der Waals surface area contributed by atoms with Crippen LogP contribution in [0.2, 0.25) is 5.02 Å². The summed E-state index contributed by atoms with van der Waals surface area (Å²) < 4.78 is 0. The Morgan fingerprint density at radius 1 is 1.47 bits per heavy atom. The summed E-state index contributed by atoms with van der Waals surface area (Å²) in [5.74, 6) is 0. The summed E-state index contributed by atoms with van der Waals surface area (Å²) in [6.45, 7) is 5.12. The number of anilines is 1. The molecule has 1 unspecified atom stereocenters. The maximum absolute atomic E-state index is 11.7. The minimum absolute atomic E-state index is 0.377. The third kappa shape index (κ3) is 4.24. The molecule has 5 heteroatoms. The van der Waals surface area contributed by atoms with Crippen molar-refractivity contribution in [2.45, 2.75) is 32.4 Å². The predicted molar refractivity (Wildman–Crippen MR) is 69.4 cm³/mol. The van der Waals surface area contributed by atoms with Gasteiger partial charge in [0.05, 0.1) is 11.6 Å². The molecule has 0 saturated heterocycles. The van der Waals surface area contributed by atoms with Crippen LogP contribution >= 0.6 is 11.6 Å². The van der Waals surface area contributed by atoms with E-state index in [9.17, 15) is 9.90 Å². The Hall–Kier alpha value is -1.26. The Balaban J connectivity index is 2.62. The van der Waals surface area contributed by atoms with Gasteiger partial charge in [-0.05, 0) is 39.0 Å². The zero-order chi connectivity index (χ0) is 13.1. The fourth-order valence-electron chi connectivity index (χ4n) is 1.13. The molecule has 0 aliphatic heterocycles. The topological polar surface area (TPSA) is 61.4 Å². The highest BCUT2D eigenvalue weighted by Crippen LogP contribution is 2.15. The summed E-state index contributed by atoms with van der Waals surface area (Å²) in [4.78, 5) is 11.7. The second-order valence-corrected chi connectivity index (χ2v) is 4.92. The first-order valence-electron chi connectivity index (χ1n) is 5.34. The SMILES string of the molecule is CC(O)C(C)(C)NC(=O)Nc1cccc(Cl)c1. The second-order valence-electron chi connectivity index (χ2n) is 4.49. The monoisotopic (exact) mass is 256 g/mol. The minimum atomic E-state index is -0.692. The summed E-state index contributed by atoms with van der Waals surface area (Å²) in [7, 11) is 0. The number of aliphatic hydroxyl groups is 1. The third-order valence-corrected chi connectivity index (χ3v) is 2.80. The molecule has 0 heterocycles. The Labute approximate surface area is 106 Å². The van der Waals surface area contributed by atoms with Crippen molar-refractivity contribution in [2.24, 2.45) is 0 Å². The lowest BCUT2D eigenvalue weighted by atomic mass is 9.99. The van der Waals surface area contributed by atoms with Crippen molar-refractivity contribution in [3.63, 3.8) is 0 Å². The first kappa shape index (κ1) is 13.8. The lowest BCUT2D eigenvalue weighted by molar-refractivity contribution is 0.103. The average molecular weight is 257 g/mol. The number of carbonyl (C=O) groups excluding carboxylic acids is 1. The van der Waals surface area contributed by atoms with Crippen LogP contribution in [0.5, 0.6) is 0 Å². The Morgan fingerprint density at radius 2 is 2.12 bits per heavy atom. The van der Waals surface area contributed by atoms with Crippen molar-refractivity contribution < 1.29 is 9.90 Å². The van der Waals surface area contributed by atoms with Gasteiger partial charge in [-0.2, -0.15) is 0 Å². The number of benzene rings is 1. The van der Waals surface area contributed by atoms with Gasteiger partial charge in [0, 0.05) is 10.7 Å². The number of nitrogens with one attached hydrogen (secondary N) is 2. The van der Waals surface area contributed by atoms with Crippen molar-refractivity contribution in [2.75, 3.05) is 5.32 Å². The van der Waals surface area contributed by atoms with E-state index < -0.39 is 11.6 Å². The summed E-state index contributed by atoms with van der Waals surface area (Å²) in [6, 6.07) is 6.48. The van der Waals surface area contributed by atoms with Crippen LogP contribution in [0.25, 0.3) is 0 Å². The number of aliphatic hydroxyl groups excluding tert-OH is 1. The van der Waals surface area contributed by atoms with E-state index in [1.807, 2.05) is 0 Å². The van der Waals surface area contributed by atoms with E-state index in [-0.39, 0.29) is 6.03 Å². The van der Waals surface area contributed by atoms with Crippen LogP contribution in [0, 0.1) is 0 Å². The normalized spacial score (nSPS) is 13.0. The first-order chi connectivity index (χ1) is 7.81. The molecule has 0 fully saturated rings. The van der Waals surface area contributed by atoms with Gasteiger partial charge in [-0.1, -0.05) is 17.7 Å². The highest BCUT2D eigenvalue weighted by molar-refractivity contribution is 6.30. The van der Waals surface area contributed by atoms with Gasteiger partial charge in [-0.25, -0.2) is 4.79 Å². The third-order valence-electron chi connectivity index (χ3n) is 2.56. The standard InChI is InChI=1S/C12H17ClN2O2/c1-8(16)12(2,3)15-11(17)14-10-6-4-5-9(13)7-10/h4-8,16H,1-3H3,(H2,14,15,17). The van der Waals surface area contributed by atoms with Crippen LogP contribution in [-0.2, 0) is 0 Å². The smallest absolute Gasteiger partial charge is 0.319 e. The zero-order valence-corrected chi connectivity index (χ0v) is 10.9. The summed E-state index contributed by atoms with van der Waals surface area (Å²) in [6.07, 6.45) is -0.646. The highest BCUT2D eigenvalue weighted by atomic mass is 35.5. The van der Waals surface area contributed by atoms with Crippen molar-refractivity contribution in [3.05, 3.63) is 29.3 Å². The van der Waals surface area contributed by atoms with E-state index in [1.54, 1.807) is 45.0 Å². The molecule has 4 nitrogen and oxygen atoms in total. The molecule has 0 saturated carbocycles. The molecule has 0 bridgehead atoms. The van der Waals surface area contributed by atoms with Crippen LogP contribution in [0.3, 0.4) is 0 Å². The molecular weight excluding hydrogens is 240 g/mol. The molecule has 1 aromatic carbocycles. The maximum Gasteiger partial charge on any atom is 0.319 e. The van der Waals surface area contributed by atoms with E-state index >= 15 is 0 Å². The molecule has 94 valence electrons. The number of hydrogen-bond acceptors (Lipinski definition) is 2. The minimum Gasteiger partial charge on any atom is -0.391 e. The lowest BCUT2D eigenvalue weighted by Crippen LogP contribution is -2.52. The van der Waals surface area contributed by atoms with Crippen LogP contribution in [0.4, 0.5) is 10.5 Å². The van der Waals surface area contributed by atoms with Crippen LogP contribution in [0.15, 0.2) is 24.3 Å². The van der Waals surface area contributed by atoms with E-state index in [1.165, 1.54) is 0 Å². The Morgan fingerprint density at radius 3 is 2.65 bits per heavy atom. The number of rotatable bonds is 3. The summed E-state index contributed by atoms with van der Waals surface area (Å²) in [5, 5.41) is 15.4. The van der Waals surface area contributed by atoms with Crippen molar-refractivity contribution in [3.8, 4) is 0 Å². The van der Waals surface area contributed by atoms with E-state index in [4.69, 9.17) is 11.6 Å². The first-order valence-corrected chi connectivity index (χ1v) is 5.72. The molecule has 0 spiro atoms. The van der Waals surface area contributed by atoms with Crippen LogP contribution in [-0.4, -0.2) is 22.8 Å². The number of hydrogen-bond donors (Lipinski definition) is 3. The second kappa shape index (κ2) is 5.38. The maximum atomic E-state index is 11.7. The van der Waals surface area contributed by atoms with Gasteiger partial charge in [-0.15, -0.1) is 0 Å². The molecule has 2 amide bonds. The highest BCUT2D eigenvalue weighted by Gasteiger charge is 2.25. The van der Waals surface area contributed by atoms with Gasteiger partial charge in [0.1, 0.15) is 0 Å². The van der Waals surface area contributed by atoms with Crippen LogP contribution in [0.1, 0.15) is 20.8 Å². The Bertz CT molecular complexity index is 405. The fourth-order valence-corrected chi connectivity index (χ4v) is 1.32. The van der Waals surface area contributed by atoms with E-state index in [2.05, 4.69) is 10.6 Å². The molecular formula is C12H17ClN2O2. The molecule has 0 aliphatic rings. The number of carbonyl (C=O) groups is 1. The average Bonchev–Trinajstić information content (AvgIpc) is 2.15. The quantitative estimate of drug-likeness (QED) is 0.779. The van der Waals surface area contributed by atoms with Gasteiger partial charge < -0.3 is 15.7 Å². The predicted octanol–water partition coefficient (Wildman–Crippen LogP) is 2.62. The molecule has 0 aromatic heterocycles. The summed E-state index contributed by atoms with van der Waals surface area (Å²) in [5.41, 5.74) is -0.0840. The Kier molecular flexibility index (Phi) is 4.37. The number of amides is 2. The van der Waals surface area contributed by atoms with Gasteiger partial charge >= 0.3 is 6.03 Å². The molecule has 1 aromatic rings. The molecule has 1 rings (SSSR count). The van der Waals surface area contributed by atoms with Gasteiger partial charge in [0.2, 0.25) is 0 Å². The molecule has 1 atom stereocenters. The molecule has 3 N–H and O–H groups in total. The number of urea groups is 1. The van der Waals surface area contributed by atoms with E-state index in [0.717, 1.165) is 0 Å². The molecule has 0 radical (unpaired) electrons. The van der Waals surface area contributed by atoms with Crippen LogP contribution < -0.4 is 10.6 Å². The zero-order valence-electron chi connectivity index (χ0n) is 10.1. The van der Waals surface area contributed by atoms with Crippen molar-refractivity contribution >= 4 is 23.3 Å². The van der Waals surface area contributed by atoms with Crippen molar-refractivity contribution in [1.29, 1.82) is 0 Å². The molecule has 17 heavy (non-hydrogen) atoms. The number of halogens is 1. The lowest BCUT2D eigenvalue weighted by Gasteiger charge is -2.29. The van der Waals surface area contributed by atoms with Crippen molar-refractivity contribution in [1.82, 2.24) is 5.32 Å². The van der Waals surface area contributed by atoms with Gasteiger partial charge in [0.15, 0.2) is 0 Å². The van der Waals surface area contributed by atoms with Gasteiger partial charge in [0.25, 0.3) is 0 Å². The molecule has 0 aliphatic carbocycles. The van der Waals surface area contributed by atoms with E-state index in [0.29, 0.717) is 10.7 Å². The largest absolute Gasteiger partial charge is 0.391 e. The van der Waals surface area contributed by atoms with Gasteiger partial charge in [-0.3, -0.25) is 0 Å². The fraction of sp³-hybridized carbons (Fsp3) is 0.417.